The van der Waals surface area contributed by atoms with Crippen molar-refractivity contribution in [3.8, 4) is 0 Å². The second-order valence-electron chi connectivity index (χ2n) is 8.20. The number of thiazole rings is 1. The molecule has 0 aliphatic carbocycles. The van der Waals surface area contributed by atoms with Gasteiger partial charge in [-0.05, 0) is 61.2 Å². The van der Waals surface area contributed by atoms with E-state index in [-0.39, 0.29) is 17.9 Å². The first-order chi connectivity index (χ1) is 17.5. The fraction of sp³-hybridized carbons (Fsp3) is 0.267. The molecular formula is C30H32Cl2N2OS. The van der Waals surface area contributed by atoms with Crippen LogP contribution in [0.15, 0.2) is 91.5 Å². The van der Waals surface area contributed by atoms with E-state index in [1.807, 2.05) is 97.6 Å². The Morgan fingerprint density at radius 3 is 2.19 bits per heavy atom. The summed E-state index contributed by atoms with van der Waals surface area (Å²) in [6.45, 7) is 8.36. The number of carbonyl (C=O) groups is 1. The topological polar surface area (TPSA) is 33.2 Å². The predicted octanol–water partition coefficient (Wildman–Crippen LogP) is 9.37. The van der Waals surface area contributed by atoms with Crippen molar-refractivity contribution in [2.24, 2.45) is 5.92 Å². The van der Waals surface area contributed by atoms with E-state index in [9.17, 15) is 4.79 Å². The molecule has 1 aromatic heterocycles. The van der Waals surface area contributed by atoms with Crippen LogP contribution in [0.4, 0.5) is 0 Å². The molecule has 188 valence electrons. The Morgan fingerprint density at radius 2 is 1.58 bits per heavy atom. The summed E-state index contributed by atoms with van der Waals surface area (Å²) in [7, 11) is 0. The number of benzene rings is 3. The number of halogens is 2. The van der Waals surface area contributed by atoms with Crippen molar-refractivity contribution in [2.75, 3.05) is 0 Å². The van der Waals surface area contributed by atoms with Crippen LogP contribution in [-0.2, 0) is 11.3 Å². The van der Waals surface area contributed by atoms with Crippen LogP contribution in [0.1, 0.15) is 49.7 Å². The number of hydrogen-bond donors (Lipinski definition) is 0. The van der Waals surface area contributed by atoms with Gasteiger partial charge in [0, 0.05) is 16.0 Å². The summed E-state index contributed by atoms with van der Waals surface area (Å²) in [5.74, 6) is 0.209. The number of allylic oxidation sites excluding steroid dienone is 1. The number of likely N-dealkylation sites (tertiary alicyclic amines) is 1. The van der Waals surface area contributed by atoms with Gasteiger partial charge >= 0.3 is 0 Å². The summed E-state index contributed by atoms with van der Waals surface area (Å²) in [4.78, 5) is 20.0. The minimum Gasteiger partial charge on any atom is -0.329 e. The van der Waals surface area contributed by atoms with E-state index >= 15 is 0 Å². The van der Waals surface area contributed by atoms with Crippen molar-refractivity contribution < 1.29 is 4.79 Å². The number of piperidine rings is 1. The molecule has 1 fully saturated rings. The van der Waals surface area contributed by atoms with E-state index < -0.39 is 0 Å². The van der Waals surface area contributed by atoms with E-state index in [2.05, 4.69) is 12.6 Å². The molecular weight excluding hydrogens is 507 g/mol. The Morgan fingerprint density at radius 1 is 0.944 bits per heavy atom. The normalized spacial score (nSPS) is 17.0. The van der Waals surface area contributed by atoms with Gasteiger partial charge in [-0.25, -0.2) is 4.98 Å². The van der Waals surface area contributed by atoms with E-state index in [0.717, 1.165) is 45.1 Å². The zero-order valence-corrected chi connectivity index (χ0v) is 23.1. The minimum atomic E-state index is 0.0143. The zero-order valence-electron chi connectivity index (χ0n) is 20.7. The fourth-order valence-corrected chi connectivity index (χ4v) is 5.45. The van der Waals surface area contributed by atoms with Gasteiger partial charge in [0.25, 0.3) is 0 Å². The molecule has 2 heterocycles. The van der Waals surface area contributed by atoms with Gasteiger partial charge in [0.15, 0.2) is 0 Å². The lowest BCUT2D eigenvalue weighted by Crippen LogP contribution is -2.42. The molecule has 0 radical (unpaired) electrons. The van der Waals surface area contributed by atoms with Gasteiger partial charge in [0.1, 0.15) is 5.01 Å². The van der Waals surface area contributed by atoms with Crippen molar-refractivity contribution >= 4 is 50.7 Å². The molecule has 0 N–H and O–H groups in total. The highest BCUT2D eigenvalue weighted by Gasteiger charge is 2.35. The number of aromatic nitrogens is 1. The van der Waals surface area contributed by atoms with Gasteiger partial charge < -0.3 is 4.90 Å². The summed E-state index contributed by atoms with van der Waals surface area (Å²) in [6.07, 6.45) is 4.40. The molecule has 1 amide bonds. The lowest BCUT2D eigenvalue weighted by molar-refractivity contribution is -0.142. The molecule has 3 aromatic carbocycles. The molecule has 1 unspecified atom stereocenters. The Labute approximate surface area is 228 Å². The quantitative estimate of drug-likeness (QED) is 0.237. The van der Waals surface area contributed by atoms with Crippen LogP contribution >= 0.6 is 34.5 Å². The highest BCUT2D eigenvalue weighted by atomic mass is 35.5. The lowest BCUT2D eigenvalue weighted by atomic mass is 9.86. The van der Waals surface area contributed by atoms with Gasteiger partial charge in [-0.1, -0.05) is 85.6 Å². The summed E-state index contributed by atoms with van der Waals surface area (Å²) < 4.78 is 1.16. The monoisotopic (exact) mass is 538 g/mol. The first kappa shape index (κ1) is 27.9. The molecule has 2 atom stereocenters. The van der Waals surface area contributed by atoms with Gasteiger partial charge in [0.2, 0.25) is 5.91 Å². The predicted molar refractivity (Wildman–Crippen MR) is 155 cm³/mol. The number of amides is 1. The number of fused-ring (bicyclic) bond motifs is 1. The van der Waals surface area contributed by atoms with Crippen LogP contribution in [-0.4, -0.2) is 15.8 Å². The van der Waals surface area contributed by atoms with Crippen LogP contribution in [0.2, 0.25) is 10.0 Å². The molecule has 1 aliphatic rings. The molecule has 0 spiro atoms. The van der Waals surface area contributed by atoms with E-state index in [0.29, 0.717) is 11.6 Å². The minimum absolute atomic E-state index is 0.0143. The average molecular weight is 540 g/mol. The molecule has 0 bridgehead atoms. The summed E-state index contributed by atoms with van der Waals surface area (Å²) in [5, 5.41) is 2.48. The number of carbonyl (C=O) groups excluding carboxylic acids is 1. The number of para-hydroxylation sites is 1. The Bertz CT molecular complexity index is 1210. The number of hydrogen-bond acceptors (Lipinski definition) is 3. The van der Waals surface area contributed by atoms with E-state index in [4.69, 9.17) is 28.2 Å². The Hall–Kier alpha value is -2.66. The van der Waals surface area contributed by atoms with Gasteiger partial charge in [-0.3, -0.25) is 4.79 Å². The standard InChI is InChI=1S/C22H21ClN2OS.C6H5Cl.C2H6/c1-2-5-16-10-13-19(15-8-11-17(23)12-9-15)25(22(16)26)14-21-24-18-6-3-4-7-20(18)27-21;7-6-4-2-1-3-5-6;1-2/h2-4,6-9,11-12,16,19H,1,5,10,13-14H2;1-5H;1-2H3/t16-,19?;;/m0../s1. The summed E-state index contributed by atoms with van der Waals surface area (Å²) in [6, 6.07) is 25.5. The first-order valence-corrected chi connectivity index (χ1v) is 13.8. The van der Waals surface area contributed by atoms with Crippen LogP contribution in [0, 0.1) is 5.92 Å². The molecule has 5 rings (SSSR count). The van der Waals surface area contributed by atoms with Crippen molar-refractivity contribution in [3.63, 3.8) is 0 Å². The van der Waals surface area contributed by atoms with Crippen LogP contribution < -0.4 is 0 Å². The summed E-state index contributed by atoms with van der Waals surface area (Å²) >= 11 is 13.3. The molecule has 3 nitrogen and oxygen atoms in total. The molecule has 6 heteroatoms. The highest BCUT2D eigenvalue weighted by Crippen LogP contribution is 2.38. The van der Waals surface area contributed by atoms with Crippen molar-refractivity contribution in [1.82, 2.24) is 9.88 Å². The second kappa shape index (κ2) is 14.2. The lowest BCUT2D eigenvalue weighted by Gasteiger charge is -2.39. The third kappa shape index (κ3) is 7.42. The van der Waals surface area contributed by atoms with Crippen molar-refractivity contribution in [2.45, 2.75) is 45.7 Å². The number of rotatable bonds is 5. The van der Waals surface area contributed by atoms with Crippen LogP contribution in [0.5, 0.6) is 0 Å². The molecule has 1 saturated heterocycles. The average Bonchev–Trinajstić information content (AvgIpc) is 3.32. The van der Waals surface area contributed by atoms with Crippen LogP contribution in [0.25, 0.3) is 10.2 Å². The molecule has 1 aliphatic heterocycles. The Balaban J connectivity index is 0.000000342. The maximum atomic E-state index is 13.2. The second-order valence-corrected chi connectivity index (χ2v) is 10.2. The summed E-state index contributed by atoms with van der Waals surface area (Å²) in [5.41, 5.74) is 2.12. The molecule has 36 heavy (non-hydrogen) atoms. The molecule has 0 saturated carbocycles. The molecule has 4 aromatic rings. The third-order valence-electron chi connectivity index (χ3n) is 5.88. The SMILES string of the molecule is C=CC[C@H]1CCC(c2ccc(Cl)cc2)N(Cc2nc3ccccc3s2)C1=O.CC.Clc1ccccc1. The zero-order chi connectivity index (χ0) is 25.9. The van der Waals surface area contributed by atoms with Gasteiger partial charge in [-0.2, -0.15) is 0 Å². The van der Waals surface area contributed by atoms with E-state index in [1.54, 1.807) is 11.3 Å². The van der Waals surface area contributed by atoms with Gasteiger partial charge in [0.05, 0.1) is 22.8 Å². The largest absolute Gasteiger partial charge is 0.329 e. The number of nitrogens with zero attached hydrogens (tertiary/aromatic N) is 2. The fourth-order valence-electron chi connectivity index (χ4n) is 4.21. The highest BCUT2D eigenvalue weighted by molar-refractivity contribution is 7.18. The Kier molecular flexibility index (Phi) is 11.0. The van der Waals surface area contributed by atoms with Crippen LogP contribution in [0.3, 0.4) is 0 Å². The van der Waals surface area contributed by atoms with Gasteiger partial charge in [-0.15, -0.1) is 17.9 Å². The maximum absolute atomic E-state index is 13.2. The third-order valence-corrected chi connectivity index (χ3v) is 7.41. The van der Waals surface area contributed by atoms with Crippen molar-refractivity contribution in [3.05, 3.63) is 112 Å². The van der Waals surface area contributed by atoms with Crippen molar-refractivity contribution in [1.29, 1.82) is 0 Å². The van der Waals surface area contributed by atoms with E-state index in [1.165, 1.54) is 0 Å². The first-order valence-electron chi connectivity index (χ1n) is 12.3. The smallest absolute Gasteiger partial charge is 0.226 e. The maximum Gasteiger partial charge on any atom is 0.226 e.